The molecule has 0 aromatic rings. The number of hydrogen-bond acceptors (Lipinski definition) is 2. The molecule has 0 unspecified atom stereocenters. The molecule has 0 aliphatic rings. The first-order chi connectivity index (χ1) is 4.70. The molecule has 0 saturated heterocycles. The van der Waals surface area contributed by atoms with E-state index in [1.54, 1.807) is 0 Å². The van der Waals surface area contributed by atoms with Crippen LogP contribution in [0.3, 0.4) is 0 Å². The van der Waals surface area contributed by atoms with Gasteiger partial charge in [-0.15, -0.1) is 0 Å². The molecular weight excluding hydrogens is 124 g/mol. The summed E-state index contributed by atoms with van der Waals surface area (Å²) in [4.78, 5) is 0. The second kappa shape index (κ2) is 4.97. The van der Waals surface area contributed by atoms with Crippen LogP contribution < -0.4 is 11.5 Å². The molecule has 0 heterocycles. The molecule has 0 aromatic heterocycles. The van der Waals surface area contributed by atoms with E-state index in [0.717, 1.165) is 11.1 Å². The summed E-state index contributed by atoms with van der Waals surface area (Å²) < 4.78 is 0. The fourth-order valence-electron chi connectivity index (χ4n) is 0.372. The molecule has 0 aromatic carbocycles. The van der Waals surface area contributed by atoms with Crippen LogP contribution in [0, 0.1) is 0 Å². The Balaban J connectivity index is 3.75. The fraction of sp³-hybridized carbons (Fsp3) is 0.250. The van der Waals surface area contributed by atoms with Crippen LogP contribution in [-0.2, 0) is 0 Å². The van der Waals surface area contributed by atoms with Gasteiger partial charge in [-0.2, -0.15) is 0 Å². The lowest BCUT2D eigenvalue weighted by Crippen LogP contribution is -2.01. The maximum atomic E-state index is 5.29. The van der Waals surface area contributed by atoms with Gasteiger partial charge in [0.1, 0.15) is 0 Å². The molecule has 0 fully saturated rings. The second-order valence-corrected chi connectivity index (χ2v) is 2.06. The van der Waals surface area contributed by atoms with Crippen molar-refractivity contribution in [2.45, 2.75) is 0 Å². The van der Waals surface area contributed by atoms with Crippen molar-refractivity contribution < 1.29 is 0 Å². The Bertz CT molecular complexity index is 139. The summed E-state index contributed by atoms with van der Waals surface area (Å²) in [6.45, 7) is 8.33. The zero-order valence-corrected chi connectivity index (χ0v) is 6.14. The van der Waals surface area contributed by atoms with Crippen LogP contribution in [0.25, 0.3) is 0 Å². The van der Waals surface area contributed by atoms with E-state index in [2.05, 4.69) is 13.2 Å². The van der Waals surface area contributed by atoms with Crippen LogP contribution in [0.4, 0.5) is 0 Å². The minimum Gasteiger partial charge on any atom is -0.327 e. The minimum absolute atomic E-state index is 0.481. The van der Waals surface area contributed by atoms with E-state index in [9.17, 15) is 0 Å². The smallest absolute Gasteiger partial charge is 0.0172 e. The van der Waals surface area contributed by atoms with Gasteiger partial charge in [-0.25, -0.2) is 0 Å². The van der Waals surface area contributed by atoms with Crippen LogP contribution in [0.15, 0.2) is 36.5 Å². The minimum atomic E-state index is 0.481. The lowest BCUT2D eigenvalue weighted by Gasteiger charge is -1.93. The first kappa shape index (κ1) is 9.14. The van der Waals surface area contributed by atoms with Crippen LogP contribution in [0.1, 0.15) is 0 Å². The third kappa shape index (κ3) is 4.06. The SMILES string of the molecule is C=C(/C=C\C(=C)CN)CN. The summed E-state index contributed by atoms with van der Waals surface area (Å²) in [5.74, 6) is 0. The molecule has 0 aliphatic carbocycles. The summed E-state index contributed by atoms with van der Waals surface area (Å²) in [7, 11) is 0. The van der Waals surface area contributed by atoms with E-state index in [0.29, 0.717) is 13.1 Å². The molecule has 2 nitrogen and oxygen atoms in total. The van der Waals surface area contributed by atoms with E-state index >= 15 is 0 Å². The van der Waals surface area contributed by atoms with Crippen molar-refractivity contribution in [3.05, 3.63) is 36.5 Å². The Kier molecular flexibility index (Phi) is 4.54. The van der Waals surface area contributed by atoms with Crippen LogP contribution in [0.2, 0.25) is 0 Å². The molecule has 10 heavy (non-hydrogen) atoms. The Labute approximate surface area is 61.9 Å². The zero-order valence-electron chi connectivity index (χ0n) is 6.14. The second-order valence-electron chi connectivity index (χ2n) is 2.06. The van der Waals surface area contributed by atoms with Gasteiger partial charge < -0.3 is 11.5 Å². The van der Waals surface area contributed by atoms with Gasteiger partial charge in [0.2, 0.25) is 0 Å². The standard InChI is InChI=1S/C8H14N2/c1-7(5-9)3-4-8(2)6-10/h3-4H,1-2,5-6,9-10H2/b4-3-. The van der Waals surface area contributed by atoms with Gasteiger partial charge in [-0.3, -0.25) is 0 Å². The van der Waals surface area contributed by atoms with E-state index in [4.69, 9.17) is 11.5 Å². The molecule has 0 bridgehead atoms. The molecule has 0 atom stereocenters. The lowest BCUT2D eigenvalue weighted by atomic mass is 10.2. The molecule has 0 aliphatic heterocycles. The van der Waals surface area contributed by atoms with E-state index in [-0.39, 0.29) is 0 Å². The molecule has 0 amide bonds. The number of hydrogen-bond donors (Lipinski definition) is 2. The van der Waals surface area contributed by atoms with Crippen LogP contribution in [0.5, 0.6) is 0 Å². The van der Waals surface area contributed by atoms with Crippen molar-refractivity contribution in [3.63, 3.8) is 0 Å². The predicted molar refractivity (Wildman–Crippen MR) is 45.5 cm³/mol. The fourth-order valence-corrected chi connectivity index (χ4v) is 0.372. The van der Waals surface area contributed by atoms with E-state index in [1.807, 2.05) is 12.2 Å². The van der Waals surface area contributed by atoms with Crippen molar-refractivity contribution >= 4 is 0 Å². The molecule has 0 spiro atoms. The van der Waals surface area contributed by atoms with E-state index in [1.165, 1.54) is 0 Å². The molecule has 0 rings (SSSR count). The summed E-state index contributed by atoms with van der Waals surface area (Å²) in [5.41, 5.74) is 12.3. The Morgan fingerprint density at radius 3 is 1.50 bits per heavy atom. The summed E-state index contributed by atoms with van der Waals surface area (Å²) >= 11 is 0. The highest BCUT2D eigenvalue weighted by Gasteiger charge is 1.83. The van der Waals surface area contributed by atoms with Crippen molar-refractivity contribution in [3.8, 4) is 0 Å². The Morgan fingerprint density at radius 1 is 1.00 bits per heavy atom. The van der Waals surface area contributed by atoms with Crippen molar-refractivity contribution in [1.29, 1.82) is 0 Å². The average molecular weight is 138 g/mol. The largest absolute Gasteiger partial charge is 0.327 e. The van der Waals surface area contributed by atoms with Crippen LogP contribution >= 0.6 is 0 Å². The highest BCUT2D eigenvalue weighted by atomic mass is 14.5. The zero-order chi connectivity index (χ0) is 7.98. The summed E-state index contributed by atoms with van der Waals surface area (Å²) in [5, 5.41) is 0. The monoisotopic (exact) mass is 138 g/mol. The topological polar surface area (TPSA) is 52.0 Å². The first-order valence-corrected chi connectivity index (χ1v) is 3.14. The number of rotatable bonds is 4. The van der Waals surface area contributed by atoms with Gasteiger partial charge in [0.15, 0.2) is 0 Å². The normalized spacial score (nSPS) is 10.2. The molecule has 2 heteroatoms. The third-order valence-electron chi connectivity index (χ3n) is 1.08. The van der Waals surface area contributed by atoms with Gasteiger partial charge in [0.05, 0.1) is 0 Å². The predicted octanol–water partition coefficient (Wildman–Crippen LogP) is 0.572. The molecule has 4 N–H and O–H groups in total. The van der Waals surface area contributed by atoms with Gasteiger partial charge in [0, 0.05) is 13.1 Å². The van der Waals surface area contributed by atoms with Crippen LogP contribution in [-0.4, -0.2) is 13.1 Å². The van der Waals surface area contributed by atoms with Crippen molar-refractivity contribution in [1.82, 2.24) is 0 Å². The Hall–Kier alpha value is -0.860. The highest BCUT2D eigenvalue weighted by molar-refractivity contribution is 5.25. The Morgan fingerprint density at radius 2 is 1.30 bits per heavy atom. The molecule has 0 saturated carbocycles. The molecular formula is C8H14N2. The average Bonchev–Trinajstić information content (AvgIpc) is 1.99. The van der Waals surface area contributed by atoms with Gasteiger partial charge >= 0.3 is 0 Å². The molecule has 0 radical (unpaired) electrons. The first-order valence-electron chi connectivity index (χ1n) is 3.14. The summed E-state index contributed by atoms with van der Waals surface area (Å²) in [6.07, 6.45) is 3.66. The van der Waals surface area contributed by atoms with Crippen molar-refractivity contribution in [2.75, 3.05) is 13.1 Å². The van der Waals surface area contributed by atoms with Crippen molar-refractivity contribution in [2.24, 2.45) is 11.5 Å². The maximum absolute atomic E-state index is 5.29. The quantitative estimate of drug-likeness (QED) is 0.558. The lowest BCUT2D eigenvalue weighted by molar-refractivity contribution is 1.17. The van der Waals surface area contributed by atoms with E-state index < -0.39 is 0 Å². The molecule has 56 valence electrons. The van der Waals surface area contributed by atoms with Gasteiger partial charge in [0.25, 0.3) is 0 Å². The summed E-state index contributed by atoms with van der Waals surface area (Å²) in [6, 6.07) is 0. The third-order valence-corrected chi connectivity index (χ3v) is 1.08. The van der Waals surface area contributed by atoms with Gasteiger partial charge in [-0.1, -0.05) is 25.3 Å². The number of nitrogens with two attached hydrogens (primary N) is 2. The maximum Gasteiger partial charge on any atom is 0.0172 e. The highest BCUT2D eigenvalue weighted by Crippen LogP contribution is 1.94. The van der Waals surface area contributed by atoms with Gasteiger partial charge in [-0.05, 0) is 11.1 Å².